The molecule has 2 heterocycles. The molecule has 0 aliphatic rings. The van der Waals surface area contributed by atoms with Crippen LogP contribution in [0.2, 0.25) is 0 Å². The molecule has 0 radical (unpaired) electrons. The van der Waals surface area contributed by atoms with Gasteiger partial charge in [-0.2, -0.15) is 0 Å². The third-order valence-electron chi connectivity index (χ3n) is 1.65. The Morgan fingerprint density at radius 3 is 3.00 bits per heavy atom. The Bertz CT molecular complexity index is 390. The van der Waals surface area contributed by atoms with Gasteiger partial charge in [0.25, 0.3) is 0 Å². The van der Waals surface area contributed by atoms with E-state index in [9.17, 15) is 4.79 Å². The fourth-order valence-corrected chi connectivity index (χ4v) is 2.52. The molecule has 2 aromatic heterocycles. The Morgan fingerprint density at radius 2 is 2.36 bits per heavy atom. The number of hydrogen-bond acceptors (Lipinski definition) is 4. The maximum absolute atomic E-state index is 11.5. The summed E-state index contributed by atoms with van der Waals surface area (Å²) < 4.78 is 5.13. The second kappa shape index (κ2) is 4.48. The van der Waals surface area contributed by atoms with E-state index in [1.165, 1.54) is 23.1 Å². The molecule has 0 atom stereocenters. The zero-order chi connectivity index (χ0) is 9.80. The number of carbonyl (C=O) groups is 1. The number of thioether (sulfide) groups is 1. The minimum absolute atomic E-state index is 0.108. The minimum Gasteiger partial charge on any atom is -0.468 e. The van der Waals surface area contributed by atoms with Gasteiger partial charge in [0.15, 0.2) is 0 Å². The number of thiophene rings is 1. The molecule has 0 bridgehead atoms. The van der Waals surface area contributed by atoms with Gasteiger partial charge in [0, 0.05) is 0 Å². The number of carbonyl (C=O) groups excluding carboxylic acids is 1. The molecule has 4 heteroatoms. The van der Waals surface area contributed by atoms with E-state index in [4.69, 9.17) is 4.42 Å². The van der Waals surface area contributed by atoms with Crippen molar-refractivity contribution in [2.45, 2.75) is 5.75 Å². The average Bonchev–Trinajstić information content (AvgIpc) is 2.87. The molecule has 0 saturated carbocycles. The van der Waals surface area contributed by atoms with Gasteiger partial charge >= 0.3 is 0 Å². The van der Waals surface area contributed by atoms with E-state index in [0.717, 1.165) is 10.6 Å². The molecule has 0 fully saturated rings. The fourth-order valence-electron chi connectivity index (χ4n) is 0.997. The molecule has 0 saturated heterocycles. The van der Waals surface area contributed by atoms with Crippen LogP contribution in [0.4, 0.5) is 0 Å². The van der Waals surface area contributed by atoms with Crippen LogP contribution in [0.3, 0.4) is 0 Å². The molecule has 0 spiro atoms. The van der Waals surface area contributed by atoms with Crippen LogP contribution in [0, 0.1) is 0 Å². The van der Waals surface area contributed by atoms with E-state index >= 15 is 0 Å². The highest BCUT2D eigenvalue weighted by Crippen LogP contribution is 2.20. The lowest BCUT2D eigenvalue weighted by atomic mass is 10.5. The Balaban J connectivity index is 1.90. The van der Waals surface area contributed by atoms with Gasteiger partial charge in [-0.3, -0.25) is 4.79 Å². The molecule has 2 aromatic rings. The highest BCUT2D eigenvalue weighted by molar-refractivity contribution is 8.13. The predicted molar refractivity (Wildman–Crippen MR) is 58.7 cm³/mol. The molecule has 0 unspecified atom stereocenters. The predicted octanol–water partition coefficient (Wildman–Crippen LogP) is 3.41. The zero-order valence-corrected chi connectivity index (χ0v) is 8.94. The van der Waals surface area contributed by atoms with Crippen molar-refractivity contribution >= 4 is 28.2 Å². The lowest BCUT2D eigenvalue weighted by Crippen LogP contribution is -1.89. The summed E-state index contributed by atoms with van der Waals surface area (Å²) in [6, 6.07) is 7.41. The van der Waals surface area contributed by atoms with Crippen LogP contribution >= 0.6 is 23.1 Å². The summed E-state index contributed by atoms with van der Waals surface area (Å²) in [6.07, 6.45) is 1.62. The van der Waals surface area contributed by atoms with E-state index < -0.39 is 0 Å². The topological polar surface area (TPSA) is 30.2 Å². The van der Waals surface area contributed by atoms with Crippen molar-refractivity contribution in [2.75, 3.05) is 0 Å². The zero-order valence-electron chi connectivity index (χ0n) is 7.30. The average molecular weight is 224 g/mol. The van der Waals surface area contributed by atoms with Gasteiger partial charge in [0.2, 0.25) is 5.12 Å². The molecule has 0 N–H and O–H groups in total. The van der Waals surface area contributed by atoms with Gasteiger partial charge in [-0.05, 0) is 23.6 Å². The van der Waals surface area contributed by atoms with Gasteiger partial charge in [-0.25, -0.2) is 0 Å². The van der Waals surface area contributed by atoms with E-state index in [2.05, 4.69) is 0 Å². The van der Waals surface area contributed by atoms with E-state index in [1.54, 1.807) is 6.26 Å². The van der Waals surface area contributed by atoms with Gasteiger partial charge in [-0.15, -0.1) is 11.3 Å². The Morgan fingerprint density at radius 1 is 1.43 bits per heavy atom. The Kier molecular flexibility index (Phi) is 3.06. The van der Waals surface area contributed by atoms with E-state index in [0.29, 0.717) is 5.75 Å². The van der Waals surface area contributed by atoms with Gasteiger partial charge in [0.05, 0.1) is 16.9 Å². The summed E-state index contributed by atoms with van der Waals surface area (Å²) in [5.74, 6) is 1.43. The summed E-state index contributed by atoms with van der Waals surface area (Å²) in [6.45, 7) is 0. The molecule has 2 rings (SSSR count). The summed E-state index contributed by atoms with van der Waals surface area (Å²) in [4.78, 5) is 12.3. The maximum Gasteiger partial charge on any atom is 0.229 e. The second-order valence-electron chi connectivity index (χ2n) is 2.63. The van der Waals surface area contributed by atoms with Crippen molar-refractivity contribution in [1.82, 2.24) is 0 Å². The van der Waals surface area contributed by atoms with Crippen LogP contribution in [0.1, 0.15) is 15.4 Å². The first kappa shape index (κ1) is 9.55. The molecule has 0 aliphatic carbocycles. The molecule has 0 amide bonds. The van der Waals surface area contributed by atoms with Gasteiger partial charge < -0.3 is 4.42 Å². The molecular weight excluding hydrogens is 216 g/mol. The third-order valence-corrected chi connectivity index (χ3v) is 3.56. The van der Waals surface area contributed by atoms with Crippen molar-refractivity contribution in [3.63, 3.8) is 0 Å². The molecule has 72 valence electrons. The SMILES string of the molecule is O=C(SCc1ccco1)c1cccs1. The van der Waals surface area contributed by atoms with Crippen molar-refractivity contribution in [3.05, 3.63) is 46.5 Å². The number of furan rings is 1. The Hall–Kier alpha value is -1.000. The monoisotopic (exact) mass is 224 g/mol. The van der Waals surface area contributed by atoms with Crippen LogP contribution in [0.15, 0.2) is 40.3 Å². The first-order valence-electron chi connectivity index (χ1n) is 4.09. The van der Waals surface area contributed by atoms with E-state index in [-0.39, 0.29) is 5.12 Å². The lowest BCUT2D eigenvalue weighted by molar-refractivity contribution is 0.109. The first-order chi connectivity index (χ1) is 6.86. The summed E-state index contributed by atoms with van der Waals surface area (Å²) >= 11 is 2.74. The normalized spacial score (nSPS) is 10.3. The van der Waals surface area contributed by atoms with Crippen molar-refractivity contribution < 1.29 is 9.21 Å². The summed E-state index contributed by atoms with van der Waals surface area (Å²) in [7, 11) is 0. The summed E-state index contributed by atoms with van der Waals surface area (Å²) in [5.41, 5.74) is 0. The molecule has 14 heavy (non-hydrogen) atoms. The quantitative estimate of drug-likeness (QED) is 0.800. The second-order valence-corrected chi connectivity index (χ2v) is 4.53. The molecule has 2 nitrogen and oxygen atoms in total. The fraction of sp³-hybridized carbons (Fsp3) is 0.100. The van der Waals surface area contributed by atoms with Gasteiger partial charge in [0.1, 0.15) is 5.76 Å². The summed E-state index contributed by atoms with van der Waals surface area (Å²) in [5, 5.41) is 2.01. The standard InChI is InChI=1S/C10H8O2S2/c11-10(9-4-2-6-13-9)14-7-8-3-1-5-12-8/h1-6H,7H2. The van der Waals surface area contributed by atoms with Crippen molar-refractivity contribution in [2.24, 2.45) is 0 Å². The molecule has 0 aromatic carbocycles. The van der Waals surface area contributed by atoms with Crippen molar-refractivity contribution in [3.8, 4) is 0 Å². The molecule has 0 aliphatic heterocycles. The largest absolute Gasteiger partial charge is 0.468 e. The van der Waals surface area contributed by atoms with Crippen LogP contribution < -0.4 is 0 Å². The smallest absolute Gasteiger partial charge is 0.229 e. The van der Waals surface area contributed by atoms with Crippen molar-refractivity contribution in [1.29, 1.82) is 0 Å². The lowest BCUT2D eigenvalue weighted by Gasteiger charge is -1.94. The van der Waals surface area contributed by atoms with Crippen LogP contribution in [0.25, 0.3) is 0 Å². The highest BCUT2D eigenvalue weighted by Gasteiger charge is 2.08. The number of rotatable bonds is 3. The minimum atomic E-state index is 0.108. The Labute approximate surface area is 89.9 Å². The van der Waals surface area contributed by atoms with Crippen LogP contribution in [-0.2, 0) is 5.75 Å². The highest BCUT2D eigenvalue weighted by atomic mass is 32.2. The first-order valence-corrected chi connectivity index (χ1v) is 5.96. The maximum atomic E-state index is 11.5. The molecular formula is C10H8O2S2. The van der Waals surface area contributed by atoms with Gasteiger partial charge in [-0.1, -0.05) is 17.8 Å². The van der Waals surface area contributed by atoms with Crippen LogP contribution in [0.5, 0.6) is 0 Å². The van der Waals surface area contributed by atoms with Crippen LogP contribution in [-0.4, -0.2) is 5.12 Å². The number of hydrogen-bond donors (Lipinski definition) is 0. The third kappa shape index (κ3) is 2.27. The van der Waals surface area contributed by atoms with E-state index in [1.807, 2.05) is 29.6 Å².